The van der Waals surface area contributed by atoms with Crippen LogP contribution in [0.3, 0.4) is 0 Å². The summed E-state index contributed by atoms with van der Waals surface area (Å²) < 4.78 is 14.2. The summed E-state index contributed by atoms with van der Waals surface area (Å²) in [4.78, 5) is 4.32. The van der Waals surface area contributed by atoms with E-state index in [1.807, 2.05) is 25.1 Å². The quantitative estimate of drug-likeness (QED) is 0.849. The van der Waals surface area contributed by atoms with E-state index in [1.165, 1.54) is 12.1 Å². The number of nitrogens with two attached hydrogens (primary N) is 1. The standard InChI is InChI=1S/C14H14BrFN2S/c1-9(17)14(10-3-2-4-12(16)7-10)19-13-6-5-11(15)8-18-13/h2-9,14H,17H2,1H3. The lowest BCUT2D eigenvalue weighted by Crippen LogP contribution is -2.22. The van der Waals surface area contributed by atoms with E-state index in [2.05, 4.69) is 20.9 Å². The molecule has 5 heteroatoms. The smallest absolute Gasteiger partial charge is 0.123 e. The summed E-state index contributed by atoms with van der Waals surface area (Å²) in [6, 6.07) is 10.3. The molecule has 2 unspecified atom stereocenters. The molecule has 1 heterocycles. The molecule has 2 N–H and O–H groups in total. The highest BCUT2D eigenvalue weighted by Gasteiger charge is 2.18. The summed E-state index contributed by atoms with van der Waals surface area (Å²) in [6.07, 6.45) is 1.74. The number of halogens is 2. The van der Waals surface area contributed by atoms with Gasteiger partial charge in [0.2, 0.25) is 0 Å². The Morgan fingerprint density at radius 2 is 2.11 bits per heavy atom. The van der Waals surface area contributed by atoms with Gasteiger partial charge in [0.05, 0.1) is 10.3 Å². The third-order valence-electron chi connectivity index (χ3n) is 2.60. The highest BCUT2D eigenvalue weighted by molar-refractivity contribution is 9.10. The minimum absolute atomic E-state index is 0.0237. The van der Waals surface area contributed by atoms with Gasteiger partial charge in [0.15, 0.2) is 0 Å². The Balaban J connectivity index is 2.23. The Kier molecular flexibility index (Phi) is 4.96. The van der Waals surface area contributed by atoms with Crippen molar-refractivity contribution in [3.63, 3.8) is 0 Å². The molecular weight excluding hydrogens is 327 g/mol. The van der Waals surface area contributed by atoms with Gasteiger partial charge in [0, 0.05) is 16.7 Å². The zero-order valence-corrected chi connectivity index (χ0v) is 12.8. The van der Waals surface area contributed by atoms with Crippen LogP contribution in [0.5, 0.6) is 0 Å². The number of aromatic nitrogens is 1. The Morgan fingerprint density at radius 3 is 2.68 bits per heavy atom. The minimum Gasteiger partial charge on any atom is -0.327 e. The lowest BCUT2D eigenvalue weighted by atomic mass is 10.1. The lowest BCUT2D eigenvalue weighted by molar-refractivity contribution is 0.621. The van der Waals surface area contributed by atoms with Gasteiger partial charge < -0.3 is 5.73 Å². The summed E-state index contributed by atoms with van der Waals surface area (Å²) in [5, 5.41) is 0.846. The zero-order chi connectivity index (χ0) is 13.8. The molecule has 19 heavy (non-hydrogen) atoms. The number of rotatable bonds is 4. The first-order valence-corrected chi connectivity index (χ1v) is 7.53. The van der Waals surface area contributed by atoms with Gasteiger partial charge in [-0.15, -0.1) is 0 Å². The van der Waals surface area contributed by atoms with Crippen molar-refractivity contribution in [2.24, 2.45) is 5.73 Å². The first kappa shape index (κ1) is 14.5. The molecule has 0 saturated carbocycles. The topological polar surface area (TPSA) is 38.9 Å². The molecule has 0 bridgehead atoms. The van der Waals surface area contributed by atoms with Crippen LogP contribution >= 0.6 is 27.7 Å². The Bertz CT molecular complexity index is 545. The molecule has 100 valence electrons. The van der Waals surface area contributed by atoms with Gasteiger partial charge in [0.1, 0.15) is 5.82 Å². The molecule has 0 aliphatic carbocycles. The number of hydrogen-bond donors (Lipinski definition) is 1. The highest BCUT2D eigenvalue weighted by Crippen LogP contribution is 2.36. The van der Waals surface area contributed by atoms with Gasteiger partial charge in [-0.25, -0.2) is 9.37 Å². The predicted octanol–water partition coefficient (Wildman–Crippen LogP) is 4.16. The summed E-state index contributed by atoms with van der Waals surface area (Å²) in [5.41, 5.74) is 6.90. The van der Waals surface area contributed by atoms with Crippen molar-refractivity contribution in [2.45, 2.75) is 23.2 Å². The molecule has 2 rings (SSSR count). The Morgan fingerprint density at radius 1 is 1.32 bits per heavy atom. The maximum absolute atomic E-state index is 13.3. The van der Waals surface area contributed by atoms with Gasteiger partial charge in [-0.1, -0.05) is 23.9 Å². The molecule has 1 aromatic heterocycles. The molecule has 0 saturated heterocycles. The number of hydrogen-bond acceptors (Lipinski definition) is 3. The van der Waals surface area contributed by atoms with Crippen LogP contribution in [0.2, 0.25) is 0 Å². The van der Waals surface area contributed by atoms with Gasteiger partial charge in [-0.05, 0) is 52.7 Å². The highest BCUT2D eigenvalue weighted by atomic mass is 79.9. The number of pyridine rings is 1. The fourth-order valence-electron chi connectivity index (χ4n) is 1.72. The molecule has 0 amide bonds. The largest absolute Gasteiger partial charge is 0.327 e. The lowest BCUT2D eigenvalue weighted by Gasteiger charge is -2.20. The second-order valence-electron chi connectivity index (χ2n) is 4.27. The van der Waals surface area contributed by atoms with Crippen LogP contribution in [0.15, 0.2) is 52.1 Å². The van der Waals surface area contributed by atoms with Crippen molar-refractivity contribution in [1.29, 1.82) is 0 Å². The van der Waals surface area contributed by atoms with E-state index in [0.717, 1.165) is 15.1 Å². The second-order valence-corrected chi connectivity index (χ2v) is 6.34. The fraction of sp³-hybridized carbons (Fsp3) is 0.214. The Labute approximate surface area is 124 Å². The fourth-order valence-corrected chi connectivity index (χ4v) is 2.98. The molecule has 0 aliphatic rings. The van der Waals surface area contributed by atoms with Crippen molar-refractivity contribution in [3.05, 3.63) is 58.4 Å². The normalized spacial score (nSPS) is 14.1. The number of thioether (sulfide) groups is 1. The summed E-state index contributed by atoms with van der Waals surface area (Å²) in [7, 11) is 0. The van der Waals surface area contributed by atoms with E-state index in [1.54, 1.807) is 24.0 Å². The first-order valence-electron chi connectivity index (χ1n) is 5.85. The molecule has 2 nitrogen and oxygen atoms in total. The molecule has 0 aliphatic heterocycles. The molecule has 0 spiro atoms. The average Bonchev–Trinajstić information content (AvgIpc) is 2.37. The van der Waals surface area contributed by atoms with E-state index >= 15 is 0 Å². The third-order valence-corrected chi connectivity index (χ3v) is 4.51. The maximum Gasteiger partial charge on any atom is 0.123 e. The molecule has 1 aromatic carbocycles. The van der Waals surface area contributed by atoms with Gasteiger partial charge >= 0.3 is 0 Å². The zero-order valence-electron chi connectivity index (χ0n) is 10.4. The third kappa shape index (κ3) is 4.03. The van der Waals surface area contributed by atoms with Crippen LogP contribution in [0.4, 0.5) is 4.39 Å². The molecule has 2 atom stereocenters. The minimum atomic E-state index is -0.243. The van der Waals surface area contributed by atoms with Crippen molar-refractivity contribution in [1.82, 2.24) is 4.98 Å². The first-order chi connectivity index (χ1) is 9.06. The second kappa shape index (κ2) is 6.50. The summed E-state index contributed by atoms with van der Waals surface area (Å²) in [5.74, 6) is -0.243. The van der Waals surface area contributed by atoms with Crippen LogP contribution in [0.25, 0.3) is 0 Å². The van der Waals surface area contributed by atoms with Crippen LogP contribution in [0.1, 0.15) is 17.7 Å². The Hall–Kier alpha value is -0.910. The van der Waals surface area contributed by atoms with Gasteiger partial charge in [-0.2, -0.15) is 0 Å². The van der Waals surface area contributed by atoms with E-state index < -0.39 is 0 Å². The monoisotopic (exact) mass is 340 g/mol. The molecule has 0 radical (unpaired) electrons. The van der Waals surface area contributed by atoms with E-state index in [4.69, 9.17) is 5.73 Å². The average molecular weight is 341 g/mol. The van der Waals surface area contributed by atoms with Crippen LogP contribution in [-0.2, 0) is 0 Å². The van der Waals surface area contributed by atoms with Crippen molar-refractivity contribution < 1.29 is 4.39 Å². The maximum atomic E-state index is 13.3. The van der Waals surface area contributed by atoms with Crippen LogP contribution in [0, 0.1) is 5.82 Å². The number of benzene rings is 1. The molecule has 2 aromatic rings. The number of nitrogens with zero attached hydrogens (tertiary/aromatic N) is 1. The SMILES string of the molecule is CC(N)C(Sc1ccc(Br)cn1)c1cccc(F)c1. The molecule has 0 fully saturated rings. The van der Waals surface area contributed by atoms with Crippen LogP contribution < -0.4 is 5.73 Å². The predicted molar refractivity (Wildman–Crippen MR) is 80.6 cm³/mol. The van der Waals surface area contributed by atoms with E-state index in [-0.39, 0.29) is 17.1 Å². The van der Waals surface area contributed by atoms with E-state index in [9.17, 15) is 4.39 Å². The van der Waals surface area contributed by atoms with Crippen molar-refractivity contribution in [2.75, 3.05) is 0 Å². The van der Waals surface area contributed by atoms with Crippen molar-refractivity contribution >= 4 is 27.7 Å². The van der Waals surface area contributed by atoms with Gasteiger partial charge in [0.25, 0.3) is 0 Å². The van der Waals surface area contributed by atoms with Crippen molar-refractivity contribution in [3.8, 4) is 0 Å². The summed E-state index contributed by atoms with van der Waals surface area (Å²) >= 11 is 4.89. The molecular formula is C14H14BrFN2S. The van der Waals surface area contributed by atoms with Gasteiger partial charge in [-0.3, -0.25) is 0 Å². The van der Waals surface area contributed by atoms with Crippen LogP contribution in [-0.4, -0.2) is 11.0 Å². The summed E-state index contributed by atoms with van der Waals surface area (Å²) in [6.45, 7) is 1.92. The van der Waals surface area contributed by atoms with E-state index in [0.29, 0.717) is 0 Å².